The number of nitrogens with one attached hydrogen (secondary N) is 1. The molecular formula is C18H20N4O. The number of hydrogen-bond donors (Lipinski definition) is 1. The second-order valence-electron chi connectivity index (χ2n) is 5.73. The number of H-pyrrole nitrogens is 1. The average molecular weight is 308 g/mol. The van der Waals surface area contributed by atoms with Gasteiger partial charge in [0.15, 0.2) is 5.82 Å². The topological polar surface area (TPSA) is 63.6 Å². The molecule has 0 aliphatic heterocycles. The van der Waals surface area contributed by atoms with E-state index in [1.807, 2.05) is 24.6 Å². The van der Waals surface area contributed by atoms with Crippen molar-refractivity contribution in [2.75, 3.05) is 0 Å². The van der Waals surface area contributed by atoms with Crippen LogP contribution in [0, 0.1) is 13.8 Å². The number of hydrogen-bond acceptors (Lipinski definition) is 3. The monoisotopic (exact) mass is 308 g/mol. The molecule has 23 heavy (non-hydrogen) atoms. The maximum atomic E-state index is 11.7. The van der Waals surface area contributed by atoms with E-state index in [1.54, 1.807) is 6.07 Å². The Kier molecular flexibility index (Phi) is 4.10. The summed E-state index contributed by atoms with van der Waals surface area (Å²) in [5, 5.41) is 4.48. The van der Waals surface area contributed by atoms with Crippen LogP contribution in [0.15, 0.2) is 41.2 Å². The van der Waals surface area contributed by atoms with Gasteiger partial charge in [0.25, 0.3) is 0 Å². The zero-order valence-corrected chi connectivity index (χ0v) is 13.6. The molecule has 5 nitrogen and oxygen atoms in total. The van der Waals surface area contributed by atoms with E-state index in [0.717, 1.165) is 29.1 Å². The van der Waals surface area contributed by atoms with Crippen LogP contribution in [0.4, 0.5) is 0 Å². The van der Waals surface area contributed by atoms with E-state index in [2.05, 4.69) is 46.3 Å². The van der Waals surface area contributed by atoms with E-state index in [0.29, 0.717) is 12.4 Å². The maximum Gasteiger partial charge on any atom is 0.248 e. The van der Waals surface area contributed by atoms with Crippen LogP contribution in [0.1, 0.15) is 29.6 Å². The van der Waals surface area contributed by atoms with Crippen LogP contribution in [0.5, 0.6) is 0 Å². The van der Waals surface area contributed by atoms with Crippen LogP contribution in [0.2, 0.25) is 0 Å². The van der Waals surface area contributed by atoms with Gasteiger partial charge in [-0.25, -0.2) is 9.67 Å². The van der Waals surface area contributed by atoms with Crippen molar-refractivity contribution in [3.05, 3.63) is 69.4 Å². The maximum absolute atomic E-state index is 11.7. The van der Waals surface area contributed by atoms with E-state index in [-0.39, 0.29) is 5.56 Å². The number of aryl methyl sites for hydroxylation is 3. The molecule has 5 heteroatoms. The van der Waals surface area contributed by atoms with Crippen molar-refractivity contribution in [2.24, 2.45) is 0 Å². The van der Waals surface area contributed by atoms with Gasteiger partial charge in [-0.3, -0.25) is 4.79 Å². The predicted molar refractivity (Wildman–Crippen MR) is 90.5 cm³/mol. The Hall–Kier alpha value is -2.69. The molecule has 1 N–H and O–H groups in total. The smallest absolute Gasteiger partial charge is 0.248 e. The van der Waals surface area contributed by atoms with Gasteiger partial charge < -0.3 is 4.98 Å². The first-order valence-corrected chi connectivity index (χ1v) is 7.76. The summed E-state index contributed by atoms with van der Waals surface area (Å²) < 4.78 is 1.85. The Morgan fingerprint density at radius 2 is 1.78 bits per heavy atom. The first-order valence-electron chi connectivity index (χ1n) is 7.76. The van der Waals surface area contributed by atoms with Crippen molar-refractivity contribution < 1.29 is 0 Å². The molecule has 0 amide bonds. The minimum Gasteiger partial charge on any atom is -0.326 e. The number of nitrogens with zero attached hydrogens (tertiary/aromatic N) is 3. The molecule has 0 atom stereocenters. The van der Waals surface area contributed by atoms with Crippen LogP contribution in [-0.2, 0) is 13.0 Å². The Morgan fingerprint density at radius 3 is 2.43 bits per heavy atom. The van der Waals surface area contributed by atoms with Crippen molar-refractivity contribution in [1.82, 2.24) is 19.7 Å². The van der Waals surface area contributed by atoms with E-state index in [1.165, 1.54) is 5.56 Å². The Morgan fingerprint density at radius 1 is 1.09 bits per heavy atom. The molecule has 1 aromatic carbocycles. The van der Waals surface area contributed by atoms with Crippen molar-refractivity contribution in [3.63, 3.8) is 0 Å². The molecule has 3 aromatic rings. The summed E-state index contributed by atoms with van der Waals surface area (Å²) in [4.78, 5) is 19.0. The second kappa shape index (κ2) is 6.20. The SMILES string of the molecule is CCc1ccc(Cn2nc(C)nc2-c2cc(C)[nH]c(=O)c2)cc1. The summed E-state index contributed by atoms with van der Waals surface area (Å²) in [6.45, 7) is 6.50. The predicted octanol–water partition coefficient (Wildman–Crippen LogP) is 2.86. The summed E-state index contributed by atoms with van der Waals surface area (Å²) in [5.41, 5.74) is 3.95. The van der Waals surface area contributed by atoms with Crippen molar-refractivity contribution in [2.45, 2.75) is 33.7 Å². The van der Waals surface area contributed by atoms with Crippen LogP contribution < -0.4 is 5.56 Å². The van der Waals surface area contributed by atoms with Gasteiger partial charge in [0, 0.05) is 17.3 Å². The molecule has 0 fully saturated rings. The Bertz CT molecular complexity index is 875. The fourth-order valence-electron chi connectivity index (χ4n) is 2.64. The molecule has 0 unspecified atom stereocenters. The highest BCUT2D eigenvalue weighted by atomic mass is 16.1. The van der Waals surface area contributed by atoms with Crippen LogP contribution in [-0.4, -0.2) is 19.7 Å². The third kappa shape index (κ3) is 3.39. The number of aromatic nitrogens is 4. The molecular weight excluding hydrogens is 288 g/mol. The van der Waals surface area contributed by atoms with Gasteiger partial charge >= 0.3 is 0 Å². The molecule has 2 heterocycles. The number of aromatic amines is 1. The molecule has 118 valence electrons. The summed E-state index contributed by atoms with van der Waals surface area (Å²) >= 11 is 0. The first-order chi connectivity index (χ1) is 11.0. The Balaban J connectivity index is 1.98. The van der Waals surface area contributed by atoms with Gasteiger partial charge in [-0.05, 0) is 37.5 Å². The standard InChI is InChI=1S/C18H20N4O/c1-4-14-5-7-15(8-6-14)11-22-18(20-13(3)21-22)16-9-12(2)19-17(23)10-16/h5-10H,4,11H2,1-3H3,(H,19,23). The summed E-state index contributed by atoms with van der Waals surface area (Å²) in [6, 6.07) is 12.0. The van der Waals surface area contributed by atoms with Crippen molar-refractivity contribution >= 4 is 0 Å². The normalized spacial score (nSPS) is 10.9. The summed E-state index contributed by atoms with van der Waals surface area (Å²) in [7, 11) is 0. The minimum absolute atomic E-state index is 0.125. The first kappa shape index (κ1) is 15.2. The fourth-order valence-corrected chi connectivity index (χ4v) is 2.64. The van der Waals surface area contributed by atoms with Gasteiger partial charge in [0.1, 0.15) is 5.82 Å². The molecule has 0 aliphatic carbocycles. The summed E-state index contributed by atoms with van der Waals surface area (Å²) in [6.07, 6.45) is 1.03. The zero-order chi connectivity index (χ0) is 16.4. The lowest BCUT2D eigenvalue weighted by Gasteiger charge is -2.07. The average Bonchev–Trinajstić information content (AvgIpc) is 2.88. The lowest BCUT2D eigenvalue weighted by atomic mass is 10.1. The highest BCUT2D eigenvalue weighted by Gasteiger charge is 2.11. The van der Waals surface area contributed by atoms with Gasteiger partial charge in [0.05, 0.1) is 6.54 Å². The molecule has 0 saturated heterocycles. The highest BCUT2D eigenvalue weighted by Crippen LogP contribution is 2.18. The third-order valence-electron chi connectivity index (χ3n) is 3.78. The number of rotatable bonds is 4. The van der Waals surface area contributed by atoms with Gasteiger partial charge in [0.2, 0.25) is 5.56 Å². The minimum atomic E-state index is -0.125. The molecule has 0 saturated carbocycles. The molecule has 0 bridgehead atoms. The summed E-state index contributed by atoms with van der Waals surface area (Å²) in [5.74, 6) is 1.42. The van der Waals surface area contributed by atoms with Crippen LogP contribution >= 0.6 is 0 Å². The quantitative estimate of drug-likeness (QED) is 0.806. The van der Waals surface area contributed by atoms with E-state index >= 15 is 0 Å². The van der Waals surface area contributed by atoms with Gasteiger partial charge in [-0.15, -0.1) is 0 Å². The zero-order valence-electron chi connectivity index (χ0n) is 13.6. The van der Waals surface area contributed by atoms with Crippen molar-refractivity contribution in [3.8, 4) is 11.4 Å². The molecule has 0 spiro atoms. The van der Waals surface area contributed by atoms with Crippen LogP contribution in [0.3, 0.4) is 0 Å². The van der Waals surface area contributed by atoms with Crippen molar-refractivity contribution in [1.29, 1.82) is 0 Å². The number of benzene rings is 1. The number of pyridine rings is 1. The van der Waals surface area contributed by atoms with E-state index in [9.17, 15) is 4.79 Å². The fraction of sp³-hybridized carbons (Fsp3) is 0.278. The van der Waals surface area contributed by atoms with Crippen LogP contribution in [0.25, 0.3) is 11.4 Å². The molecule has 0 radical (unpaired) electrons. The lowest BCUT2D eigenvalue weighted by Crippen LogP contribution is -2.09. The lowest BCUT2D eigenvalue weighted by molar-refractivity contribution is 0.686. The largest absolute Gasteiger partial charge is 0.326 e. The molecule has 3 rings (SSSR count). The molecule has 0 aliphatic rings. The second-order valence-corrected chi connectivity index (χ2v) is 5.73. The highest BCUT2D eigenvalue weighted by molar-refractivity contribution is 5.55. The van der Waals surface area contributed by atoms with E-state index < -0.39 is 0 Å². The third-order valence-corrected chi connectivity index (χ3v) is 3.78. The molecule has 2 aromatic heterocycles. The Labute approximate surface area is 135 Å². The van der Waals surface area contributed by atoms with Gasteiger partial charge in [-0.2, -0.15) is 5.10 Å². The van der Waals surface area contributed by atoms with Gasteiger partial charge in [-0.1, -0.05) is 31.2 Å². The van der Waals surface area contributed by atoms with E-state index in [4.69, 9.17) is 0 Å².